The first-order chi connectivity index (χ1) is 9.08. The second kappa shape index (κ2) is 9.73. The van der Waals surface area contributed by atoms with Crippen LogP contribution in [0.1, 0.15) is 53.4 Å². The number of unbranched alkanes of at least 4 members (excludes halogenated alkanes) is 1. The maximum Gasteiger partial charge on any atom is 0.0599 e. The maximum absolute atomic E-state index is 5.99. The van der Waals surface area contributed by atoms with Gasteiger partial charge in [-0.2, -0.15) is 0 Å². The van der Waals surface area contributed by atoms with Crippen LogP contribution in [0.2, 0.25) is 0 Å². The van der Waals surface area contributed by atoms with Gasteiger partial charge in [-0.05, 0) is 38.1 Å². The van der Waals surface area contributed by atoms with E-state index in [-0.39, 0.29) is 0 Å². The summed E-state index contributed by atoms with van der Waals surface area (Å²) in [5.74, 6) is 0.783. The summed E-state index contributed by atoms with van der Waals surface area (Å²) < 4.78 is 5.99. The Morgan fingerprint density at radius 2 is 1.79 bits per heavy atom. The van der Waals surface area contributed by atoms with Crippen molar-refractivity contribution < 1.29 is 4.74 Å². The van der Waals surface area contributed by atoms with Crippen LogP contribution in [0.4, 0.5) is 0 Å². The van der Waals surface area contributed by atoms with Crippen LogP contribution in [0.5, 0.6) is 0 Å². The van der Waals surface area contributed by atoms with E-state index in [1.54, 1.807) is 0 Å². The third-order valence-electron chi connectivity index (χ3n) is 3.64. The van der Waals surface area contributed by atoms with Crippen LogP contribution in [0.25, 0.3) is 0 Å². The lowest BCUT2D eigenvalue weighted by Crippen LogP contribution is -2.39. The van der Waals surface area contributed by atoms with Gasteiger partial charge in [0, 0.05) is 32.3 Å². The molecule has 1 heterocycles. The lowest BCUT2D eigenvalue weighted by atomic mass is 10.1. The Morgan fingerprint density at radius 3 is 2.37 bits per heavy atom. The predicted octanol–water partition coefficient (Wildman–Crippen LogP) is 2.90. The van der Waals surface area contributed by atoms with Gasteiger partial charge in [0.1, 0.15) is 0 Å². The van der Waals surface area contributed by atoms with Crippen LogP contribution in [-0.2, 0) is 4.74 Å². The van der Waals surface area contributed by atoms with Crippen molar-refractivity contribution in [1.82, 2.24) is 10.2 Å². The number of rotatable bonds is 9. The molecule has 1 saturated heterocycles. The molecule has 0 aromatic rings. The average Bonchev–Trinajstić information content (AvgIpc) is 2.34. The molecular formula is C16H34N2O. The molecule has 3 nitrogen and oxygen atoms in total. The largest absolute Gasteiger partial charge is 0.378 e. The predicted molar refractivity (Wildman–Crippen MR) is 82.6 cm³/mol. The SMILES string of the molecule is CC(C)CN1CCC(OCCCCNC(C)C)CC1. The first-order valence-electron chi connectivity index (χ1n) is 8.15. The molecule has 1 aliphatic rings. The van der Waals surface area contributed by atoms with Crippen molar-refractivity contribution in [2.24, 2.45) is 5.92 Å². The van der Waals surface area contributed by atoms with E-state index in [0.29, 0.717) is 12.1 Å². The van der Waals surface area contributed by atoms with Crippen LogP contribution in [0.3, 0.4) is 0 Å². The van der Waals surface area contributed by atoms with Crippen molar-refractivity contribution in [1.29, 1.82) is 0 Å². The zero-order valence-electron chi connectivity index (χ0n) is 13.5. The summed E-state index contributed by atoms with van der Waals surface area (Å²) in [6.45, 7) is 14.7. The highest BCUT2D eigenvalue weighted by Crippen LogP contribution is 2.15. The van der Waals surface area contributed by atoms with Crippen LogP contribution < -0.4 is 5.32 Å². The molecule has 0 amide bonds. The summed E-state index contributed by atoms with van der Waals surface area (Å²) in [6, 6.07) is 0.603. The number of ether oxygens (including phenoxy) is 1. The molecule has 0 aliphatic carbocycles. The van der Waals surface area contributed by atoms with Gasteiger partial charge < -0.3 is 15.0 Å². The number of hydrogen-bond acceptors (Lipinski definition) is 3. The van der Waals surface area contributed by atoms with Crippen LogP contribution >= 0.6 is 0 Å². The van der Waals surface area contributed by atoms with E-state index >= 15 is 0 Å². The number of likely N-dealkylation sites (tertiary alicyclic amines) is 1. The first-order valence-corrected chi connectivity index (χ1v) is 8.15. The minimum Gasteiger partial charge on any atom is -0.378 e. The second-order valence-corrected chi connectivity index (χ2v) is 6.58. The van der Waals surface area contributed by atoms with E-state index in [9.17, 15) is 0 Å². The van der Waals surface area contributed by atoms with Gasteiger partial charge in [0.05, 0.1) is 6.10 Å². The highest BCUT2D eigenvalue weighted by atomic mass is 16.5. The summed E-state index contributed by atoms with van der Waals surface area (Å²) in [7, 11) is 0. The molecule has 0 spiro atoms. The fraction of sp³-hybridized carbons (Fsp3) is 1.00. The van der Waals surface area contributed by atoms with Crippen molar-refractivity contribution in [3.8, 4) is 0 Å². The third-order valence-corrected chi connectivity index (χ3v) is 3.64. The lowest BCUT2D eigenvalue weighted by Gasteiger charge is -2.32. The monoisotopic (exact) mass is 270 g/mol. The third kappa shape index (κ3) is 8.61. The van der Waals surface area contributed by atoms with Gasteiger partial charge >= 0.3 is 0 Å². The summed E-state index contributed by atoms with van der Waals surface area (Å²) >= 11 is 0. The van der Waals surface area contributed by atoms with Crippen molar-refractivity contribution in [3.63, 3.8) is 0 Å². The Bertz CT molecular complexity index is 211. The van der Waals surface area contributed by atoms with Gasteiger partial charge in [0.2, 0.25) is 0 Å². The van der Waals surface area contributed by atoms with Crippen LogP contribution in [-0.4, -0.2) is 49.8 Å². The van der Waals surface area contributed by atoms with E-state index < -0.39 is 0 Å². The number of nitrogens with zero attached hydrogens (tertiary/aromatic N) is 1. The van der Waals surface area contributed by atoms with E-state index in [2.05, 4.69) is 37.9 Å². The highest BCUT2D eigenvalue weighted by Gasteiger charge is 2.19. The average molecular weight is 270 g/mol. The smallest absolute Gasteiger partial charge is 0.0599 e. The molecule has 0 aromatic carbocycles. The van der Waals surface area contributed by atoms with Crippen molar-refractivity contribution >= 4 is 0 Å². The van der Waals surface area contributed by atoms with Crippen LogP contribution in [0, 0.1) is 5.92 Å². The summed E-state index contributed by atoms with van der Waals surface area (Å²) in [5.41, 5.74) is 0. The molecule has 0 aromatic heterocycles. The van der Waals surface area contributed by atoms with Gasteiger partial charge in [-0.3, -0.25) is 0 Å². The van der Waals surface area contributed by atoms with E-state index in [0.717, 1.165) is 19.1 Å². The fourth-order valence-electron chi connectivity index (χ4n) is 2.64. The zero-order chi connectivity index (χ0) is 14.1. The van der Waals surface area contributed by atoms with E-state index in [1.807, 2.05) is 0 Å². The first kappa shape index (κ1) is 16.9. The molecule has 1 rings (SSSR count). The number of piperidine rings is 1. The summed E-state index contributed by atoms with van der Waals surface area (Å²) in [6.07, 6.45) is 5.37. The molecule has 1 aliphatic heterocycles. The van der Waals surface area contributed by atoms with Crippen molar-refractivity contribution in [2.75, 3.05) is 32.8 Å². The Hall–Kier alpha value is -0.120. The molecule has 1 fully saturated rings. The van der Waals surface area contributed by atoms with Gasteiger partial charge in [0.25, 0.3) is 0 Å². The second-order valence-electron chi connectivity index (χ2n) is 6.58. The van der Waals surface area contributed by atoms with Gasteiger partial charge in [0.15, 0.2) is 0 Å². The highest BCUT2D eigenvalue weighted by molar-refractivity contribution is 4.73. The Morgan fingerprint density at radius 1 is 1.11 bits per heavy atom. The lowest BCUT2D eigenvalue weighted by molar-refractivity contribution is 0.00404. The molecule has 114 valence electrons. The van der Waals surface area contributed by atoms with Crippen LogP contribution in [0.15, 0.2) is 0 Å². The van der Waals surface area contributed by atoms with E-state index in [1.165, 1.54) is 45.3 Å². The Balaban J connectivity index is 1.95. The molecule has 3 heteroatoms. The van der Waals surface area contributed by atoms with Gasteiger partial charge in [-0.25, -0.2) is 0 Å². The molecule has 0 radical (unpaired) electrons. The zero-order valence-corrected chi connectivity index (χ0v) is 13.5. The fourth-order valence-corrected chi connectivity index (χ4v) is 2.64. The molecular weight excluding hydrogens is 236 g/mol. The Labute approximate surface area is 120 Å². The summed E-state index contributed by atoms with van der Waals surface area (Å²) in [5, 5.41) is 3.45. The molecule has 19 heavy (non-hydrogen) atoms. The van der Waals surface area contributed by atoms with Crippen molar-refractivity contribution in [3.05, 3.63) is 0 Å². The van der Waals surface area contributed by atoms with Crippen molar-refractivity contribution in [2.45, 2.75) is 65.5 Å². The summed E-state index contributed by atoms with van der Waals surface area (Å²) in [4.78, 5) is 2.58. The molecule has 0 unspecified atom stereocenters. The quantitative estimate of drug-likeness (QED) is 0.652. The minimum atomic E-state index is 0.515. The van der Waals surface area contributed by atoms with Gasteiger partial charge in [-0.1, -0.05) is 27.7 Å². The Kier molecular flexibility index (Phi) is 8.67. The molecule has 0 bridgehead atoms. The topological polar surface area (TPSA) is 24.5 Å². The van der Waals surface area contributed by atoms with Gasteiger partial charge in [-0.15, -0.1) is 0 Å². The molecule has 0 saturated carbocycles. The minimum absolute atomic E-state index is 0.515. The van der Waals surface area contributed by atoms with E-state index in [4.69, 9.17) is 4.74 Å². The molecule has 0 atom stereocenters. The molecule has 1 N–H and O–H groups in total. The normalized spacial score (nSPS) is 18.6. The standard InChI is InChI=1S/C16H34N2O/c1-14(2)13-18-10-7-16(8-11-18)19-12-6-5-9-17-15(3)4/h14-17H,5-13H2,1-4H3. The maximum atomic E-state index is 5.99. The number of hydrogen-bond donors (Lipinski definition) is 1. The number of nitrogens with one attached hydrogen (secondary N) is 1.